The lowest BCUT2D eigenvalue weighted by Gasteiger charge is -2.07. The molecular weight excluding hydrogens is 323 g/mol. The van der Waals surface area contributed by atoms with E-state index in [-0.39, 0.29) is 18.4 Å². The summed E-state index contributed by atoms with van der Waals surface area (Å²) in [7, 11) is 0. The summed E-state index contributed by atoms with van der Waals surface area (Å²) in [5.74, 6) is -1.59. The van der Waals surface area contributed by atoms with Crippen LogP contribution in [0, 0.1) is 0 Å². The van der Waals surface area contributed by atoms with Gasteiger partial charge in [0.15, 0.2) is 0 Å². The molecule has 2 aromatic rings. The van der Waals surface area contributed by atoms with Crippen LogP contribution in [-0.4, -0.2) is 21.2 Å². The molecule has 0 aromatic carbocycles. The Kier molecular flexibility index (Phi) is 4.64. The van der Waals surface area contributed by atoms with Crippen LogP contribution in [0.2, 0.25) is 0 Å². The van der Waals surface area contributed by atoms with Crippen LogP contribution in [0.5, 0.6) is 0 Å². The van der Waals surface area contributed by atoms with Crippen LogP contribution < -0.4 is 10.6 Å². The SMILES string of the molecule is CC(C)c1ncsc1NC(=O)NCc1nc(C(F)(F)F)no1. The average molecular weight is 335 g/mol. The van der Waals surface area contributed by atoms with Gasteiger partial charge >= 0.3 is 12.2 Å². The van der Waals surface area contributed by atoms with Crippen LogP contribution in [0.15, 0.2) is 10.0 Å². The minimum absolute atomic E-state index is 0.131. The molecular formula is C11H12F3N5O2S. The highest BCUT2D eigenvalue weighted by Gasteiger charge is 2.37. The van der Waals surface area contributed by atoms with E-state index in [0.29, 0.717) is 5.00 Å². The molecule has 2 N–H and O–H groups in total. The molecule has 0 radical (unpaired) electrons. The summed E-state index contributed by atoms with van der Waals surface area (Å²) in [6.07, 6.45) is -4.68. The van der Waals surface area contributed by atoms with Crippen molar-refractivity contribution in [2.45, 2.75) is 32.5 Å². The lowest BCUT2D eigenvalue weighted by atomic mass is 10.1. The number of carbonyl (C=O) groups is 1. The Morgan fingerprint density at radius 1 is 1.45 bits per heavy atom. The number of rotatable bonds is 4. The zero-order chi connectivity index (χ0) is 16.3. The van der Waals surface area contributed by atoms with Crippen LogP contribution in [0.3, 0.4) is 0 Å². The van der Waals surface area contributed by atoms with Gasteiger partial charge in [-0.15, -0.1) is 11.3 Å². The maximum Gasteiger partial charge on any atom is 0.455 e. The van der Waals surface area contributed by atoms with E-state index in [1.54, 1.807) is 5.51 Å². The first kappa shape index (κ1) is 16.2. The molecule has 2 heterocycles. The van der Waals surface area contributed by atoms with E-state index in [1.165, 1.54) is 11.3 Å². The van der Waals surface area contributed by atoms with Gasteiger partial charge in [0.2, 0.25) is 5.89 Å². The maximum absolute atomic E-state index is 12.3. The predicted molar refractivity (Wildman–Crippen MR) is 71.4 cm³/mol. The topological polar surface area (TPSA) is 92.9 Å². The molecule has 0 atom stereocenters. The normalized spacial score (nSPS) is 11.7. The highest BCUT2D eigenvalue weighted by molar-refractivity contribution is 7.14. The third-order valence-electron chi connectivity index (χ3n) is 2.49. The first-order valence-corrected chi connectivity index (χ1v) is 7.03. The van der Waals surface area contributed by atoms with Crippen molar-refractivity contribution in [3.63, 3.8) is 0 Å². The molecule has 0 unspecified atom stereocenters. The molecule has 0 saturated heterocycles. The minimum atomic E-state index is -4.68. The van der Waals surface area contributed by atoms with Crippen molar-refractivity contribution >= 4 is 22.4 Å². The molecule has 2 rings (SSSR count). The van der Waals surface area contributed by atoms with Gasteiger partial charge in [-0.3, -0.25) is 5.32 Å². The second-order valence-electron chi connectivity index (χ2n) is 4.54. The van der Waals surface area contributed by atoms with E-state index in [4.69, 9.17) is 0 Å². The van der Waals surface area contributed by atoms with Gasteiger partial charge in [0.25, 0.3) is 5.82 Å². The lowest BCUT2D eigenvalue weighted by Crippen LogP contribution is -2.28. The summed E-state index contributed by atoms with van der Waals surface area (Å²) in [5, 5.41) is 8.27. The van der Waals surface area contributed by atoms with E-state index in [2.05, 4.69) is 30.3 Å². The van der Waals surface area contributed by atoms with Gasteiger partial charge in [-0.2, -0.15) is 18.2 Å². The largest absolute Gasteiger partial charge is 0.455 e. The van der Waals surface area contributed by atoms with Crippen molar-refractivity contribution in [3.05, 3.63) is 22.9 Å². The Hall–Kier alpha value is -2.17. The predicted octanol–water partition coefficient (Wildman–Crippen LogP) is 2.99. The van der Waals surface area contributed by atoms with Crippen molar-refractivity contribution in [3.8, 4) is 0 Å². The number of urea groups is 1. The number of hydrogen-bond donors (Lipinski definition) is 2. The molecule has 22 heavy (non-hydrogen) atoms. The quantitative estimate of drug-likeness (QED) is 0.896. The number of alkyl halides is 3. The number of halogens is 3. The molecule has 2 aromatic heterocycles. The molecule has 0 saturated carbocycles. The Bertz CT molecular complexity index is 652. The second-order valence-corrected chi connectivity index (χ2v) is 5.39. The zero-order valence-corrected chi connectivity index (χ0v) is 12.4. The average Bonchev–Trinajstić information content (AvgIpc) is 3.04. The van der Waals surface area contributed by atoms with E-state index >= 15 is 0 Å². The fourth-order valence-corrected chi connectivity index (χ4v) is 2.34. The smallest absolute Gasteiger partial charge is 0.337 e. The number of hydrogen-bond acceptors (Lipinski definition) is 6. The molecule has 0 aliphatic rings. The van der Waals surface area contributed by atoms with Crippen LogP contribution in [0.25, 0.3) is 0 Å². The van der Waals surface area contributed by atoms with E-state index in [9.17, 15) is 18.0 Å². The van der Waals surface area contributed by atoms with Gasteiger partial charge in [0.1, 0.15) is 5.00 Å². The summed E-state index contributed by atoms with van der Waals surface area (Å²) in [6, 6.07) is -0.599. The number of thiazole rings is 1. The summed E-state index contributed by atoms with van der Waals surface area (Å²) in [5.41, 5.74) is 2.33. The van der Waals surface area contributed by atoms with Gasteiger partial charge in [-0.25, -0.2) is 9.78 Å². The lowest BCUT2D eigenvalue weighted by molar-refractivity contribution is -0.146. The van der Waals surface area contributed by atoms with Crippen LogP contribution in [0.4, 0.5) is 23.0 Å². The standard InChI is InChI=1S/C11H12F3N5O2S/c1-5(2)7-8(22-4-16-7)18-10(20)15-3-6-17-9(19-21-6)11(12,13)14/h4-5H,3H2,1-2H3,(H2,15,18,20). The maximum atomic E-state index is 12.3. The number of nitrogens with one attached hydrogen (secondary N) is 2. The van der Waals surface area contributed by atoms with E-state index in [1.807, 2.05) is 13.8 Å². The second kappa shape index (κ2) is 6.30. The summed E-state index contributed by atoms with van der Waals surface area (Å²) < 4.78 is 41.3. The van der Waals surface area contributed by atoms with Gasteiger partial charge in [0, 0.05) is 0 Å². The highest BCUT2D eigenvalue weighted by Crippen LogP contribution is 2.27. The van der Waals surface area contributed by atoms with Gasteiger partial charge in [-0.05, 0) is 5.92 Å². The Labute approximate surface area is 126 Å². The molecule has 0 fully saturated rings. The molecule has 0 aliphatic heterocycles. The van der Waals surface area contributed by atoms with Crippen molar-refractivity contribution in [1.29, 1.82) is 0 Å². The number of aromatic nitrogens is 3. The molecule has 0 bridgehead atoms. The van der Waals surface area contributed by atoms with E-state index < -0.39 is 18.0 Å². The molecule has 2 amide bonds. The van der Waals surface area contributed by atoms with Crippen molar-refractivity contribution in [2.75, 3.05) is 5.32 Å². The Morgan fingerprint density at radius 3 is 2.77 bits per heavy atom. The van der Waals surface area contributed by atoms with Crippen molar-refractivity contribution in [2.24, 2.45) is 0 Å². The summed E-state index contributed by atoms with van der Waals surface area (Å²) >= 11 is 1.25. The van der Waals surface area contributed by atoms with E-state index in [0.717, 1.165) is 5.69 Å². The summed E-state index contributed by atoms with van der Waals surface area (Å²) in [6.45, 7) is 3.54. The summed E-state index contributed by atoms with van der Waals surface area (Å²) in [4.78, 5) is 19.0. The first-order chi connectivity index (χ1) is 10.3. The van der Waals surface area contributed by atoms with Crippen LogP contribution >= 0.6 is 11.3 Å². The van der Waals surface area contributed by atoms with Crippen molar-refractivity contribution in [1.82, 2.24) is 20.4 Å². The molecule has 11 heteroatoms. The van der Waals surface area contributed by atoms with Gasteiger partial charge in [0.05, 0.1) is 17.7 Å². The number of amides is 2. The monoisotopic (exact) mass is 335 g/mol. The number of nitrogens with zero attached hydrogens (tertiary/aromatic N) is 3. The molecule has 0 spiro atoms. The molecule has 120 valence electrons. The third-order valence-corrected chi connectivity index (χ3v) is 3.25. The van der Waals surface area contributed by atoms with Gasteiger partial charge in [-0.1, -0.05) is 19.0 Å². The van der Waals surface area contributed by atoms with Crippen LogP contribution in [0.1, 0.15) is 37.2 Å². The first-order valence-electron chi connectivity index (χ1n) is 6.15. The Morgan fingerprint density at radius 2 is 2.18 bits per heavy atom. The highest BCUT2D eigenvalue weighted by atomic mass is 32.1. The fraction of sp³-hybridized carbons (Fsp3) is 0.455. The molecule has 7 nitrogen and oxygen atoms in total. The van der Waals surface area contributed by atoms with Gasteiger partial charge < -0.3 is 9.84 Å². The molecule has 0 aliphatic carbocycles. The minimum Gasteiger partial charge on any atom is -0.337 e. The fourth-order valence-electron chi connectivity index (χ4n) is 1.50. The van der Waals surface area contributed by atoms with Crippen molar-refractivity contribution < 1.29 is 22.5 Å². The third kappa shape index (κ3) is 3.93. The number of carbonyl (C=O) groups excluding carboxylic acids is 1. The van der Waals surface area contributed by atoms with Crippen LogP contribution in [-0.2, 0) is 12.7 Å². The zero-order valence-electron chi connectivity index (χ0n) is 11.6. The number of anilines is 1. The Balaban J connectivity index is 1.90.